The van der Waals surface area contributed by atoms with Crippen molar-refractivity contribution < 1.29 is 14.7 Å². The number of alkyl halides is 2. The number of amides is 1. The van der Waals surface area contributed by atoms with Crippen LogP contribution < -0.4 is 5.32 Å². The highest BCUT2D eigenvalue weighted by atomic mass is 79.9. The molecule has 0 aliphatic heterocycles. The van der Waals surface area contributed by atoms with Crippen LogP contribution >= 0.6 is 31.9 Å². The van der Waals surface area contributed by atoms with Gasteiger partial charge in [0.2, 0.25) is 5.91 Å². The standard InChI is InChI=1S/C13H13Br2NO3/c14-13(15)7-9(13)6-10(17)16-11(12(18)19)8-4-2-1-3-5-8/h1-5,9,11H,6-7H2,(H,16,17)(H,18,19)/t9?,11-/m0/s1. The minimum Gasteiger partial charge on any atom is -0.479 e. The fourth-order valence-electron chi connectivity index (χ4n) is 1.87. The zero-order valence-electron chi connectivity index (χ0n) is 9.98. The Bertz CT molecular complexity index is 490. The van der Waals surface area contributed by atoms with E-state index in [1.807, 2.05) is 0 Å². The molecular formula is C13H13Br2NO3. The average Bonchev–Trinajstić information content (AvgIpc) is 2.94. The van der Waals surface area contributed by atoms with E-state index in [2.05, 4.69) is 37.2 Å². The Kier molecular flexibility index (Phi) is 4.30. The van der Waals surface area contributed by atoms with Crippen LogP contribution in [0.3, 0.4) is 0 Å². The van der Waals surface area contributed by atoms with Gasteiger partial charge in [-0.05, 0) is 17.9 Å². The molecule has 1 saturated carbocycles. The monoisotopic (exact) mass is 389 g/mol. The van der Waals surface area contributed by atoms with Gasteiger partial charge in [-0.25, -0.2) is 4.79 Å². The van der Waals surface area contributed by atoms with Crippen LogP contribution in [0.1, 0.15) is 24.4 Å². The number of nitrogens with one attached hydrogen (secondary N) is 1. The lowest BCUT2D eigenvalue weighted by molar-refractivity contribution is -0.142. The van der Waals surface area contributed by atoms with Crippen LogP contribution in [0.5, 0.6) is 0 Å². The maximum Gasteiger partial charge on any atom is 0.330 e. The second-order valence-electron chi connectivity index (χ2n) is 4.62. The van der Waals surface area contributed by atoms with Gasteiger partial charge in [0.05, 0.1) is 3.23 Å². The van der Waals surface area contributed by atoms with E-state index >= 15 is 0 Å². The third-order valence-corrected chi connectivity index (χ3v) is 5.02. The van der Waals surface area contributed by atoms with Crippen LogP contribution in [0.25, 0.3) is 0 Å². The number of carboxylic acids is 1. The van der Waals surface area contributed by atoms with E-state index in [9.17, 15) is 14.7 Å². The van der Waals surface area contributed by atoms with Crippen molar-refractivity contribution >= 4 is 43.7 Å². The highest BCUT2D eigenvalue weighted by molar-refractivity contribution is 9.25. The summed E-state index contributed by atoms with van der Waals surface area (Å²) in [5.41, 5.74) is 0.572. The van der Waals surface area contributed by atoms with E-state index in [4.69, 9.17) is 0 Å². The van der Waals surface area contributed by atoms with Gasteiger partial charge in [0.1, 0.15) is 0 Å². The summed E-state index contributed by atoms with van der Waals surface area (Å²) in [6.07, 6.45) is 1.18. The zero-order valence-corrected chi connectivity index (χ0v) is 13.1. The summed E-state index contributed by atoms with van der Waals surface area (Å²) >= 11 is 6.88. The van der Waals surface area contributed by atoms with E-state index in [0.717, 1.165) is 6.42 Å². The lowest BCUT2D eigenvalue weighted by Crippen LogP contribution is -2.34. The Morgan fingerprint density at radius 3 is 2.42 bits per heavy atom. The largest absolute Gasteiger partial charge is 0.479 e. The molecule has 2 N–H and O–H groups in total. The van der Waals surface area contributed by atoms with Gasteiger partial charge in [0.15, 0.2) is 6.04 Å². The van der Waals surface area contributed by atoms with Crippen LogP contribution in [0, 0.1) is 5.92 Å². The number of rotatable bonds is 5. The van der Waals surface area contributed by atoms with Crippen molar-refractivity contribution in [1.29, 1.82) is 0 Å². The van der Waals surface area contributed by atoms with Crippen LogP contribution in [-0.2, 0) is 9.59 Å². The summed E-state index contributed by atoms with van der Waals surface area (Å²) < 4.78 is -0.150. The highest BCUT2D eigenvalue weighted by Crippen LogP contribution is 2.57. The Hall–Kier alpha value is -0.880. The van der Waals surface area contributed by atoms with Gasteiger partial charge >= 0.3 is 5.97 Å². The zero-order chi connectivity index (χ0) is 14.0. The van der Waals surface area contributed by atoms with E-state index in [1.54, 1.807) is 30.3 Å². The summed E-state index contributed by atoms with van der Waals surface area (Å²) in [5.74, 6) is -1.10. The topological polar surface area (TPSA) is 66.4 Å². The molecule has 0 aromatic heterocycles. The van der Waals surface area contributed by atoms with Gasteiger partial charge < -0.3 is 10.4 Å². The molecule has 0 heterocycles. The third kappa shape index (κ3) is 3.79. The molecule has 0 spiro atoms. The van der Waals surface area contributed by atoms with Gasteiger partial charge in [0, 0.05) is 6.42 Å². The summed E-state index contributed by atoms with van der Waals surface area (Å²) in [6.45, 7) is 0. The van der Waals surface area contributed by atoms with Gasteiger partial charge in [-0.3, -0.25) is 4.79 Å². The smallest absolute Gasteiger partial charge is 0.330 e. The fraction of sp³-hybridized carbons (Fsp3) is 0.385. The van der Waals surface area contributed by atoms with Crippen molar-refractivity contribution in [3.05, 3.63) is 35.9 Å². The molecule has 2 rings (SSSR count). The first kappa shape index (κ1) is 14.5. The number of carbonyl (C=O) groups is 2. The minimum atomic E-state index is -1.06. The summed E-state index contributed by atoms with van der Waals surface area (Å²) in [4.78, 5) is 23.1. The van der Waals surface area contributed by atoms with Crippen molar-refractivity contribution in [2.24, 2.45) is 5.92 Å². The van der Waals surface area contributed by atoms with E-state index < -0.39 is 12.0 Å². The van der Waals surface area contributed by atoms with Crippen molar-refractivity contribution in [2.75, 3.05) is 0 Å². The van der Waals surface area contributed by atoms with E-state index in [-0.39, 0.29) is 15.1 Å². The fourth-order valence-corrected chi connectivity index (χ4v) is 2.97. The molecule has 0 radical (unpaired) electrons. The molecule has 102 valence electrons. The Labute approximate surface area is 127 Å². The second kappa shape index (κ2) is 5.63. The van der Waals surface area contributed by atoms with Gasteiger partial charge in [-0.15, -0.1) is 0 Å². The molecule has 4 nitrogen and oxygen atoms in total. The molecule has 0 saturated heterocycles. The van der Waals surface area contributed by atoms with Crippen LogP contribution in [0.15, 0.2) is 30.3 Å². The van der Waals surface area contributed by atoms with Gasteiger partial charge in [-0.1, -0.05) is 62.2 Å². The normalized spacial score (nSPS) is 21.5. The van der Waals surface area contributed by atoms with Gasteiger partial charge in [-0.2, -0.15) is 0 Å². The molecule has 1 amide bonds. The molecule has 6 heteroatoms. The first-order valence-electron chi connectivity index (χ1n) is 5.85. The van der Waals surface area contributed by atoms with Gasteiger partial charge in [0.25, 0.3) is 0 Å². The number of carbonyl (C=O) groups excluding carboxylic acids is 1. The van der Waals surface area contributed by atoms with E-state index in [1.165, 1.54) is 0 Å². The molecule has 1 fully saturated rings. The number of hydrogen-bond acceptors (Lipinski definition) is 2. The maximum absolute atomic E-state index is 11.9. The molecule has 1 aliphatic rings. The number of hydrogen-bond donors (Lipinski definition) is 2. The Morgan fingerprint density at radius 2 is 1.95 bits per heavy atom. The maximum atomic E-state index is 11.9. The van der Waals surface area contributed by atoms with Crippen molar-refractivity contribution in [1.82, 2.24) is 5.32 Å². The minimum absolute atomic E-state index is 0.150. The molecule has 1 unspecified atom stereocenters. The number of halogens is 2. The predicted octanol–water partition coefficient (Wildman–Crippen LogP) is 2.82. The number of benzene rings is 1. The molecule has 0 bridgehead atoms. The lowest BCUT2D eigenvalue weighted by atomic mass is 10.1. The van der Waals surface area contributed by atoms with Crippen LogP contribution in [0.2, 0.25) is 0 Å². The van der Waals surface area contributed by atoms with Crippen LogP contribution in [0.4, 0.5) is 0 Å². The average molecular weight is 391 g/mol. The van der Waals surface area contributed by atoms with Crippen molar-refractivity contribution in [3.63, 3.8) is 0 Å². The number of aliphatic carboxylic acids is 1. The molecule has 1 aromatic carbocycles. The second-order valence-corrected chi connectivity index (χ2v) is 8.51. The van der Waals surface area contributed by atoms with Crippen LogP contribution in [-0.4, -0.2) is 20.2 Å². The Morgan fingerprint density at radius 1 is 1.37 bits per heavy atom. The molecule has 1 aromatic rings. The van der Waals surface area contributed by atoms with Crippen molar-refractivity contribution in [3.8, 4) is 0 Å². The van der Waals surface area contributed by atoms with E-state index in [0.29, 0.717) is 12.0 Å². The summed E-state index contributed by atoms with van der Waals surface area (Å²) in [5, 5.41) is 11.8. The number of carboxylic acid groups (broad SMARTS) is 1. The van der Waals surface area contributed by atoms with Crippen molar-refractivity contribution in [2.45, 2.75) is 22.1 Å². The molecular weight excluding hydrogens is 378 g/mol. The predicted molar refractivity (Wildman–Crippen MR) is 78.3 cm³/mol. The highest BCUT2D eigenvalue weighted by Gasteiger charge is 2.51. The molecule has 2 atom stereocenters. The Balaban J connectivity index is 1.98. The first-order valence-corrected chi connectivity index (χ1v) is 7.43. The summed E-state index contributed by atoms with van der Waals surface area (Å²) in [7, 11) is 0. The molecule has 19 heavy (non-hydrogen) atoms. The quantitative estimate of drug-likeness (QED) is 0.759. The summed E-state index contributed by atoms with van der Waals surface area (Å²) in [6, 6.07) is 7.69. The third-order valence-electron chi connectivity index (χ3n) is 3.07. The first-order chi connectivity index (χ1) is 8.90. The molecule has 1 aliphatic carbocycles. The SMILES string of the molecule is O=C(CC1CC1(Br)Br)N[C@H](C(=O)O)c1ccccc1. The lowest BCUT2D eigenvalue weighted by Gasteiger charge is -2.15.